The predicted molar refractivity (Wildman–Crippen MR) is 74.1 cm³/mol. The van der Waals surface area contributed by atoms with E-state index in [9.17, 15) is 14.3 Å². The monoisotopic (exact) mass is 289 g/mol. The summed E-state index contributed by atoms with van der Waals surface area (Å²) in [4.78, 5) is 21.0. The lowest BCUT2D eigenvalue weighted by molar-refractivity contribution is 0.0710. The molecule has 1 aliphatic rings. The van der Waals surface area contributed by atoms with Crippen molar-refractivity contribution in [3.63, 3.8) is 0 Å². The average Bonchev–Trinajstić information content (AvgIpc) is 3.04. The molecule has 3 rings (SSSR count). The van der Waals surface area contributed by atoms with Crippen molar-refractivity contribution in [1.82, 2.24) is 14.9 Å². The number of hydrogen-bond acceptors (Lipinski definition) is 3. The first-order valence-corrected chi connectivity index (χ1v) is 6.80. The number of halogens is 1. The molecule has 0 saturated carbocycles. The molecule has 2 heterocycles. The summed E-state index contributed by atoms with van der Waals surface area (Å²) in [5.41, 5.74) is 1.07. The van der Waals surface area contributed by atoms with Crippen molar-refractivity contribution >= 4 is 5.91 Å². The number of carbonyl (C=O) groups is 1. The van der Waals surface area contributed by atoms with Gasteiger partial charge in [0.1, 0.15) is 17.3 Å². The number of likely N-dealkylation sites (tertiary alicyclic amines) is 1. The Labute approximate surface area is 121 Å². The molecule has 1 fully saturated rings. The van der Waals surface area contributed by atoms with Crippen molar-refractivity contribution in [1.29, 1.82) is 0 Å². The number of imidazole rings is 1. The topological polar surface area (TPSA) is 69.2 Å². The van der Waals surface area contributed by atoms with Crippen LogP contribution in [0.2, 0.25) is 0 Å². The van der Waals surface area contributed by atoms with E-state index in [1.165, 1.54) is 18.3 Å². The molecule has 0 unspecified atom stereocenters. The number of aryl methyl sites for hydroxylation is 1. The molecule has 0 radical (unpaired) electrons. The highest BCUT2D eigenvalue weighted by Gasteiger charge is 2.36. The first-order valence-electron chi connectivity index (χ1n) is 6.80. The van der Waals surface area contributed by atoms with Crippen molar-refractivity contribution in [3.8, 4) is 0 Å². The molecule has 1 amide bonds. The van der Waals surface area contributed by atoms with Crippen LogP contribution < -0.4 is 0 Å². The molecular formula is C15H16FN3O2. The molecule has 2 N–H and O–H groups in total. The molecule has 2 atom stereocenters. The minimum absolute atomic E-state index is 0.234. The number of rotatable bonds is 2. The maximum absolute atomic E-state index is 13.4. The number of carbonyl (C=O) groups excluding carboxylic acids is 1. The predicted octanol–water partition coefficient (Wildman–Crippen LogP) is 1.81. The fourth-order valence-corrected chi connectivity index (χ4v) is 2.75. The summed E-state index contributed by atoms with van der Waals surface area (Å²) in [5, 5.41) is 9.89. The van der Waals surface area contributed by atoms with E-state index < -0.39 is 6.10 Å². The van der Waals surface area contributed by atoms with Gasteiger partial charge in [0.15, 0.2) is 0 Å². The summed E-state index contributed by atoms with van der Waals surface area (Å²) in [6.07, 6.45) is 1.28. The van der Waals surface area contributed by atoms with Gasteiger partial charge in [-0.15, -0.1) is 0 Å². The normalized spacial score (nSPS) is 21.8. The van der Waals surface area contributed by atoms with E-state index in [2.05, 4.69) is 9.97 Å². The summed E-state index contributed by atoms with van der Waals surface area (Å²) in [5.74, 6) is 0.0699. The zero-order valence-corrected chi connectivity index (χ0v) is 11.6. The highest BCUT2D eigenvalue weighted by atomic mass is 19.1. The zero-order valence-electron chi connectivity index (χ0n) is 11.6. The molecule has 2 aromatic rings. The van der Waals surface area contributed by atoms with Gasteiger partial charge in [-0.2, -0.15) is 0 Å². The second-order valence-corrected chi connectivity index (χ2v) is 5.30. The van der Waals surface area contributed by atoms with Crippen LogP contribution in [0, 0.1) is 12.7 Å². The van der Waals surface area contributed by atoms with Crippen molar-refractivity contribution in [3.05, 3.63) is 53.4 Å². The molecule has 0 bridgehead atoms. The molecular weight excluding hydrogens is 273 g/mol. The fraction of sp³-hybridized carbons (Fsp3) is 0.333. The van der Waals surface area contributed by atoms with E-state index >= 15 is 0 Å². The number of nitrogens with zero attached hydrogens (tertiary/aromatic N) is 2. The van der Waals surface area contributed by atoms with E-state index in [-0.39, 0.29) is 24.3 Å². The molecule has 1 aliphatic heterocycles. The number of aliphatic hydroxyl groups is 1. The molecule has 110 valence electrons. The second-order valence-electron chi connectivity index (χ2n) is 5.30. The number of nitrogens with one attached hydrogen (secondary N) is 1. The maximum Gasteiger partial charge on any atom is 0.272 e. The number of H-pyrrole nitrogens is 1. The van der Waals surface area contributed by atoms with E-state index in [4.69, 9.17) is 0 Å². The Hall–Kier alpha value is -2.21. The van der Waals surface area contributed by atoms with E-state index in [0.29, 0.717) is 23.5 Å². The van der Waals surface area contributed by atoms with Crippen molar-refractivity contribution in [2.45, 2.75) is 25.5 Å². The van der Waals surface area contributed by atoms with Gasteiger partial charge in [-0.25, -0.2) is 9.37 Å². The lowest BCUT2D eigenvalue weighted by Crippen LogP contribution is -2.32. The minimum atomic E-state index is -0.605. The number of aromatic amines is 1. The third kappa shape index (κ3) is 2.67. The summed E-state index contributed by atoms with van der Waals surface area (Å²) >= 11 is 0. The van der Waals surface area contributed by atoms with Crippen LogP contribution in [-0.4, -0.2) is 38.5 Å². The van der Waals surface area contributed by atoms with Crippen molar-refractivity contribution < 1.29 is 14.3 Å². The Morgan fingerprint density at radius 2 is 2.33 bits per heavy atom. The Morgan fingerprint density at radius 1 is 1.52 bits per heavy atom. The smallest absolute Gasteiger partial charge is 0.272 e. The van der Waals surface area contributed by atoms with Crippen LogP contribution >= 0.6 is 0 Å². The van der Waals surface area contributed by atoms with Gasteiger partial charge in [0.2, 0.25) is 0 Å². The average molecular weight is 289 g/mol. The van der Waals surface area contributed by atoms with Gasteiger partial charge in [0.05, 0.1) is 18.3 Å². The number of aliphatic hydroxyl groups excluding tert-OH is 1. The van der Waals surface area contributed by atoms with E-state index in [1.54, 1.807) is 24.0 Å². The van der Waals surface area contributed by atoms with Crippen molar-refractivity contribution in [2.75, 3.05) is 6.54 Å². The fourth-order valence-electron chi connectivity index (χ4n) is 2.75. The maximum atomic E-state index is 13.4. The third-order valence-corrected chi connectivity index (χ3v) is 3.71. The van der Waals surface area contributed by atoms with Crippen molar-refractivity contribution in [2.24, 2.45) is 0 Å². The Balaban J connectivity index is 1.91. The highest BCUT2D eigenvalue weighted by Crippen LogP contribution is 2.33. The van der Waals surface area contributed by atoms with Crippen LogP contribution in [0.15, 0.2) is 30.5 Å². The van der Waals surface area contributed by atoms with Gasteiger partial charge in [-0.3, -0.25) is 4.79 Å². The molecule has 0 aliphatic carbocycles. The van der Waals surface area contributed by atoms with Gasteiger partial charge in [-0.05, 0) is 31.0 Å². The third-order valence-electron chi connectivity index (χ3n) is 3.71. The molecule has 0 spiro atoms. The van der Waals surface area contributed by atoms with Gasteiger partial charge < -0.3 is 15.0 Å². The lowest BCUT2D eigenvalue weighted by atomic mass is 10.0. The number of benzene rings is 1. The van der Waals surface area contributed by atoms with Crippen LogP contribution in [0.3, 0.4) is 0 Å². The first kappa shape index (κ1) is 13.8. The molecule has 1 aromatic carbocycles. The van der Waals surface area contributed by atoms with Gasteiger partial charge in [0.25, 0.3) is 5.91 Å². The Kier molecular flexibility index (Phi) is 3.47. The Morgan fingerprint density at radius 3 is 3.00 bits per heavy atom. The molecule has 21 heavy (non-hydrogen) atoms. The van der Waals surface area contributed by atoms with Crippen LogP contribution in [0.1, 0.15) is 34.3 Å². The largest absolute Gasteiger partial charge is 0.391 e. The molecule has 6 heteroatoms. The number of amides is 1. The van der Waals surface area contributed by atoms with Crippen LogP contribution in [0.25, 0.3) is 0 Å². The van der Waals surface area contributed by atoms with Crippen LogP contribution in [0.4, 0.5) is 4.39 Å². The minimum Gasteiger partial charge on any atom is -0.391 e. The van der Waals surface area contributed by atoms with Crippen LogP contribution in [0.5, 0.6) is 0 Å². The molecule has 5 nitrogen and oxygen atoms in total. The van der Waals surface area contributed by atoms with Gasteiger partial charge >= 0.3 is 0 Å². The summed E-state index contributed by atoms with van der Waals surface area (Å²) in [6, 6.07) is 5.81. The van der Waals surface area contributed by atoms with E-state index in [1.807, 2.05) is 0 Å². The molecule has 1 aromatic heterocycles. The highest BCUT2D eigenvalue weighted by molar-refractivity contribution is 5.92. The summed E-state index contributed by atoms with van der Waals surface area (Å²) in [7, 11) is 0. The van der Waals surface area contributed by atoms with Gasteiger partial charge in [-0.1, -0.05) is 12.1 Å². The van der Waals surface area contributed by atoms with Crippen LogP contribution in [-0.2, 0) is 0 Å². The standard InChI is InChI=1S/C15H16FN3O2/c1-9-17-7-13(18-9)15(21)19-8-12(20)6-14(19)10-3-2-4-11(16)5-10/h2-5,7,12,14,20H,6,8H2,1H3,(H,17,18)/t12-,14-/m0/s1. The second kappa shape index (κ2) is 5.29. The number of aromatic nitrogens is 2. The van der Waals surface area contributed by atoms with E-state index in [0.717, 1.165) is 0 Å². The SMILES string of the molecule is Cc1ncc(C(=O)N2C[C@@H](O)C[C@H]2c2cccc(F)c2)[nH]1. The first-order chi connectivity index (χ1) is 10.0. The summed E-state index contributed by atoms with van der Waals surface area (Å²) < 4.78 is 13.4. The lowest BCUT2D eigenvalue weighted by Gasteiger charge is -2.24. The quantitative estimate of drug-likeness (QED) is 0.886. The zero-order chi connectivity index (χ0) is 15.0. The molecule has 1 saturated heterocycles. The number of β-amino-alcohol motifs (C(OH)–C–C–N with tert-alkyl or cyclic N) is 1. The Bertz CT molecular complexity index is 670. The van der Waals surface area contributed by atoms with Gasteiger partial charge in [0, 0.05) is 6.54 Å². The number of hydrogen-bond donors (Lipinski definition) is 2. The summed E-state index contributed by atoms with van der Waals surface area (Å²) in [6.45, 7) is 2.00.